The van der Waals surface area contributed by atoms with Gasteiger partial charge >= 0.3 is 0 Å². The Balaban J connectivity index is 1.50. The van der Waals surface area contributed by atoms with Gasteiger partial charge in [-0.05, 0) is 52.6 Å². The van der Waals surface area contributed by atoms with Crippen LogP contribution in [0.5, 0.6) is 5.75 Å². The number of hydrogen-bond donors (Lipinski definition) is 1. The number of rotatable bonds is 3. The molecule has 5 aromatic rings. The van der Waals surface area contributed by atoms with Gasteiger partial charge in [-0.1, -0.05) is 60.7 Å². The van der Waals surface area contributed by atoms with Crippen molar-refractivity contribution in [1.82, 2.24) is 0 Å². The predicted molar refractivity (Wildman–Crippen MR) is 134 cm³/mol. The largest absolute Gasteiger partial charge is 0.507 e. The smallest absolute Gasteiger partial charge is 0.266 e. The van der Waals surface area contributed by atoms with Crippen LogP contribution < -0.4 is 4.90 Å². The van der Waals surface area contributed by atoms with Crippen molar-refractivity contribution in [3.8, 4) is 5.75 Å². The molecule has 0 fully saturated rings. The third kappa shape index (κ3) is 3.06. The van der Waals surface area contributed by atoms with Gasteiger partial charge in [0.25, 0.3) is 11.8 Å². The Morgan fingerprint density at radius 3 is 2.29 bits per heavy atom. The first kappa shape index (κ1) is 19.9. The number of hydrogen-bond acceptors (Lipinski definition) is 4. The first-order valence-corrected chi connectivity index (χ1v) is 10.9. The lowest BCUT2D eigenvalue weighted by molar-refractivity contribution is 0.0893. The summed E-state index contributed by atoms with van der Waals surface area (Å²) in [5.41, 5.74) is 2.59. The van der Waals surface area contributed by atoms with Crippen LogP contribution in [-0.2, 0) is 0 Å². The number of phenolic OH excluding ortho intramolecular Hbond substituents is 1. The molecular formula is C29H18N2O3. The molecule has 0 saturated heterocycles. The van der Waals surface area contributed by atoms with E-state index in [1.165, 1.54) is 4.90 Å². The third-order valence-corrected chi connectivity index (χ3v) is 6.13. The summed E-state index contributed by atoms with van der Waals surface area (Å²) >= 11 is 0. The van der Waals surface area contributed by atoms with Gasteiger partial charge in [-0.3, -0.25) is 14.6 Å². The van der Waals surface area contributed by atoms with Gasteiger partial charge in [-0.2, -0.15) is 0 Å². The molecule has 5 aromatic carbocycles. The minimum atomic E-state index is -0.384. The van der Waals surface area contributed by atoms with Gasteiger partial charge in [0.05, 0.1) is 16.9 Å². The molecule has 0 atom stereocenters. The monoisotopic (exact) mass is 442 g/mol. The summed E-state index contributed by atoms with van der Waals surface area (Å²) in [5, 5.41) is 13.7. The van der Waals surface area contributed by atoms with Crippen molar-refractivity contribution >= 4 is 50.9 Å². The van der Waals surface area contributed by atoms with Gasteiger partial charge in [-0.15, -0.1) is 0 Å². The minimum Gasteiger partial charge on any atom is -0.507 e. The topological polar surface area (TPSA) is 70.0 Å². The predicted octanol–water partition coefficient (Wildman–Crippen LogP) is 6.25. The highest BCUT2D eigenvalue weighted by atomic mass is 16.3. The summed E-state index contributed by atoms with van der Waals surface area (Å²) in [6, 6.07) is 29.1. The standard InChI is InChI=1S/C29H18N2O3/c32-26-14-13-18-7-4-5-11-22(18)25(26)17-30-20-15-19-8-6-12-23-27(19)24(16-20)29(34)31(28(23)33)21-9-2-1-3-10-21/h1-17,32H. The molecule has 0 radical (unpaired) electrons. The number of phenols is 1. The quantitative estimate of drug-likeness (QED) is 0.265. The molecule has 6 rings (SSSR count). The lowest BCUT2D eigenvalue weighted by Gasteiger charge is -2.27. The highest BCUT2D eigenvalue weighted by Gasteiger charge is 2.34. The maximum Gasteiger partial charge on any atom is 0.266 e. The van der Waals surface area contributed by atoms with Gasteiger partial charge in [0.15, 0.2) is 0 Å². The van der Waals surface area contributed by atoms with E-state index in [9.17, 15) is 14.7 Å². The molecule has 1 N–H and O–H groups in total. The van der Waals surface area contributed by atoms with Crippen molar-refractivity contribution in [2.24, 2.45) is 4.99 Å². The number of fused-ring (bicyclic) bond motifs is 1. The second-order valence-electron chi connectivity index (χ2n) is 8.16. The van der Waals surface area contributed by atoms with Crippen molar-refractivity contribution in [3.05, 3.63) is 114 Å². The first-order valence-electron chi connectivity index (χ1n) is 10.9. The van der Waals surface area contributed by atoms with Crippen molar-refractivity contribution in [2.75, 3.05) is 4.90 Å². The molecule has 1 aliphatic rings. The molecule has 1 heterocycles. The van der Waals surface area contributed by atoms with E-state index >= 15 is 0 Å². The van der Waals surface area contributed by atoms with Crippen LogP contribution in [0.15, 0.2) is 102 Å². The van der Waals surface area contributed by atoms with Gasteiger partial charge in [-0.25, -0.2) is 4.90 Å². The Kier molecular flexibility index (Phi) is 4.49. The molecular weight excluding hydrogens is 424 g/mol. The molecule has 2 amide bonds. The Morgan fingerprint density at radius 1 is 0.706 bits per heavy atom. The van der Waals surface area contributed by atoms with E-state index in [0.29, 0.717) is 33.5 Å². The normalized spacial score (nSPS) is 13.4. The average molecular weight is 442 g/mol. The number of carbonyl (C=O) groups is 2. The summed E-state index contributed by atoms with van der Waals surface area (Å²) in [4.78, 5) is 32.5. The fourth-order valence-corrected chi connectivity index (χ4v) is 4.54. The number of anilines is 1. The Hall–Kier alpha value is -4.77. The zero-order chi connectivity index (χ0) is 23.2. The average Bonchev–Trinajstić information content (AvgIpc) is 2.87. The zero-order valence-electron chi connectivity index (χ0n) is 18.0. The maximum absolute atomic E-state index is 13.5. The fourth-order valence-electron chi connectivity index (χ4n) is 4.54. The number of carbonyl (C=O) groups excluding carboxylic acids is 2. The van der Waals surface area contributed by atoms with Crippen molar-refractivity contribution in [1.29, 1.82) is 0 Å². The summed E-state index contributed by atoms with van der Waals surface area (Å²) in [7, 11) is 0. The van der Waals surface area contributed by atoms with Crippen LogP contribution >= 0.6 is 0 Å². The van der Waals surface area contributed by atoms with Crippen molar-refractivity contribution in [3.63, 3.8) is 0 Å². The van der Waals surface area contributed by atoms with E-state index in [0.717, 1.165) is 16.2 Å². The number of nitrogens with zero attached hydrogens (tertiary/aromatic N) is 2. The molecule has 0 aromatic heterocycles. The van der Waals surface area contributed by atoms with Crippen LogP contribution in [0, 0.1) is 0 Å². The van der Waals surface area contributed by atoms with Crippen molar-refractivity contribution in [2.45, 2.75) is 0 Å². The van der Waals surface area contributed by atoms with Crippen LogP contribution in [0.25, 0.3) is 21.5 Å². The fraction of sp³-hybridized carbons (Fsp3) is 0. The summed E-state index contributed by atoms with van der Waals surface area (Å²) in [6.07, 6.45) is 1.61. The molecule has 5 heteroatoms. The Labute approximate surface area is 195 Å². The minimum absolute atomic E-state index is 0.129. The molecule has 0 aliphatic carbocycles. The highest BCUT2D eigenvalue weighted by molar-refractivity contribution is 6.36. The second-order valence-corrected chi connectivity index (χ2v) is 8.16. The number of aromatic hydroxyl groups is 1. The van der Waals surface area contributed by atoms with E-state index in [4.69, 9.17) is 0 Å². The van der Waals surface area contributed by atoms with Crippen LogP contribution in [-0.4, -0.2) is 23.1 Å². The molecule has 0 bridgehead atoms. The second kappa shape index (κ2) is 7.67. The van der Waals surface area contributed by atoms with Gasteiger partial charge in [0.2, 0.25) is 0 Å². The number of imide groups is 1. The van der Waals surface area contributed by atoms with Crippen molar-refractivity contribution < 1.29 is 14.7 Å². The molecule has 0 unspecified atom stereocenters. The molecule has 162 valence electrons. The summed E-state index contributed by atoms with van der Waals surface area (Å²) < 4.78 is 0. The van der Waals surface area contributed by atoms with Crippen LogP contribution in [0.4, 0.5) is 11.4 Å². The summed E-state index contributed by atoms with van der Waals surface area (Å²) in [6.45, 7) is 0. The number of amides is 2. The lowest BCUT2D eigenvalue weighted by Crippen LogP contribution is -2.40. The SMILES string of the molecule is O=C1c2cccc3cc(N=Cc4c(O)ccc5ccccc45)cc(c23)C(=O)N1c1ccccc1. The van der Waals surface area contributed by atoms with Gasteiger partial charge in [0.1, 0.15) is 5.75 Å². The van der Waals surface area contributed by atoms with E-state index < -0.39 is 0 Å². The molecule has 34 heavy (non-hydrogen) atoms. The highest BCUT2D eigenvalue weighted by Crippen LogP contribution is 2.36. The van der Waals surface area contributed by atoms with E-state index in [1.54, 1.807) is 48.7 Å². The van der Waals surface area contributed by atoms with Gasteiger partial charge < -0.3 is 5.11 Å². The maximum atomic E-state index is 13.5. The van der Waals surface area contributed by atoms with E-state index in [-0.39, 0.29) is 17.6 Å². The molecule has 0 saturated carbocycles. The Morgan fingerprint density at radius 2 is 1.44 bits per heavy atom. The van der Waals surface area contributed by atoms with Gasteiger partial charge in [0, 0.05) is 22.7 Å². The zero-order valence-corrected chi connectivity index (χ0v) is 18.0. The number of para-hydroxylation sites is 1. The first-order chi connectivity index (χ1) is 16.6. The molecule has 1 aliphatic heterocycles. The van der Waals surface area contributed by atoms with E-state index in [2.05, 4.69) is 4.99 Å². The van der Waals surface area contributed by atoms with E-state index in [1.807, 2.05) is 54.6 Å². The number of aliphatic imine (C=N–C) groups is 1. The Bertz CT molecular complexity index is 1660. The van der Waals surface area contributed by atoms with Crippen LogP contribution in [0.2, 0.25) is 0 Å². The molecule has 0 spiro atoms. The summed E-state index contributed by atoms with van der Waals surface area (Å²) in [5.74, 6) is -0.597. The van der Waals surface area contributed by atoms with Crippen LogP contribution in [0.3, 0.4) is 0 Å². The third-order valence-electron chi connectivity index (χ3n) is 6.13. The van der Waals surface area contributed by atoms with Crippen LogP contribution in [0.1, 0.15) is 26.3 Å². The molecule has 5 nitrogen and oxygen atoms in total. The number of benzene rings is 5. The lowest BCUT2D eigenvalue weighted by atomic mass is 9.93.